The summed E-state index contributed by atoms with van der Waals surface area (Å²) in [5, 5.41) is 57.2. The largest absolute Gasteiger partial charge is 0.508 e. The second-order valence-electron chi connectivity index (χ2n) is 30.8. The first-order chi connectivity index (χ1) is 66.2. The Kier molecular flexibility index (Phi) is 40.2. The number of halogens is 2. The van der Waals surface area contributed by atoms with Crippen molar-refractivity contribution in [2.24, 2.45) is 23.7 Å². The number of aryl methyl sites for hydroxylation is 4. The van der Waals surface area contributed by atoms with Crippen LogP contribution in [0.25, 0.3) is 48.6 Å². The summed E-state index contributed by atoms with van der Waals surface area (Å²) in [4.78, 5) is 167. The van der Waals surface area contributed by atoms with Gasteiger partial charge in [-0.3, -0.25) is 62.3 Å². The molecular weight excluding hydrogens is 1780 g/mol. The topological polar surface area (TPSA) is 390 Å². The van der Waals surface area contributed by atoms with Gasteiger partial charge in [-0.25, -0.2) is 4.39 Å². The van der Waals surface area contributed by atoms with E-state index in [0.29, 0.717) is 55.8 Å². The van der Waals surface area contributed by atoms with Gasteiger partial charge in [0.25, 0.3) is 0 Å². The number of amides is 4. The number of hydrogen-bond acceptors (Lipinski definition) is 20. The number of phenols is 4. The lowest BCUT2D eigenvalue weighted by atomic mass is 9.95. The minimum Gasteiger partial charge on any atom is -0.508 e. The molecule has 0 aliphatic heterocycles. The SMILES string of the molecule is COc1ccc(NC(=O)C(C(=O)/C=C/c2ccc(C)cc2)C(=O)/C=C/c2ccc(O)cc2)cc1.Cc1ccc(/C=C/C(=O)C(C(=O)/C=C/c2ccc(O)cc2)C(=O)Nc2ccc(Cl)cc2)cc1.Cc1ccc(/C=C/C(=O)C(C(=O)/C=C/c2ccc(O)cc2)C(=O)Nc2ccc(F)cc2)cc1.Cc1ccc(/C=C/C(=O)C(C(=O)/C=C/c2ccc(O)cc2)C(=O)Nc2ccc(OCC(=O)CO)cc2)cc1. The molecule has 698 valence electrons. The number of nitrogens with one attached hydrogen (secondary N) is 4. The molecule has 0 aliphatic carbocycles. The molecule has 12 rings (SSSR count). The van der Waals surface area contributed by atoms with Gasteiger partial charge in [0.15, 0.2) is 75.7 Å². The van der Waals surface area contributed by atoms with Gasteiger partial charge in [0.05, 0.1) is 7.11 Å². The van der Waals surface area contributed by atoms with Crippen LogP contribution < -0.4 is 30.7 Å². The average molecular weight is 1870 g/mol. The zero-order valence-electron chi connectivity index (χ0n) is 75.3. The minimum absolute atomic E-state index is 0.0681. The smallest absolute Gasteiger partial charge is 0.243 e. The second kappa shape index (κ2) is 53.2. The number of ketones is 9. The third-order valence-corrected chi connectivity index (χ3v) is 20.3. The Morgan fingerprint density at radius 2 is 0.471 bits per heavy atom. The molecule has 0 aromatic heterocycles. The average Bonchev–Trinajstić information content (AvgIpc) is 0.852. The first-order valence-corrected chi connectivity index (χ1v) is 43.0. The van der Waals surface area contributed by atoms with Crippen LogP contribution in [-0.4, -0.2) is 122 Å². The highest BCUT2D eigenvalue weighted by atomic mass is 35.5. The Hall–Kier alpha value is -17.6. The van der Waals surface area contributed by atoms with Crippen LogP contribution in [0.2, 0.25) is 5.02 Å². The molecular formula is C112H96ClFN4O20. The van der Waals surface area contributed by atoms with Gasteiger partial charge in [-0.2, -0.15) is 0 Å². The number of carbonyl (C=O) groups is 13. The summed E-state index contributed by atoms with van der Waals surface area (Å²) in [5.41, 5.74) is 11.2. The molecule has 0 bridgehead atoms. The van der Waals surface area contributed by atoms with Crippen molar-refractivity contribution >= 4 is 159 Å². The normalized spacial score (nSPS) is 12.0. The molecule has 0 heterocycles. The highest BCUT2D eigenvalue weighted by Crippen LogP contribution is 2.26. The molecule has 24 nitrogen and oxygen atoms in total. The van der Waals surface area contributed by atoms with E-state index in [9.17, 15) is 87.1 Å². The van der Waals surface area contributed by atoms with Crippen molar-refractivity contribution in [3.63, 3.8) is 0 Å². The number of rotatable bonds is 37. The number of aliphatic hydroxyl groups excluding tert-OH is 1. The Morgan fingerprint density at radius 1 is 0.283 bits per heavy atom. The van der Waals surface area contributed by atoms with Crippen LogP contribution in [0.4, 0.5) is 27.1 Å². The number of carbonyl (C=O) groups excluding carboxylic acids is 13. The summed E-state index contributed by atoms with van der Waals surface area (Å²) in [6.45, 7) is 6.86. The van der Waals surface area contributed by atoms with E-state index in [1.165, 1.54) is 159 Å². The summed E-state index contributed by atoms with van der Waals surface area (Å²) >= 11 is 5.88. The molecule has 4 amide bonds. The molecule has 0 saturated carbocycles. The molecule has 12 aromatic carbocycles. The summed E-state index contributed by atoms with van der Waals surface area (Å²) in [6, 6.07) is 78.3. The maximum absolute atomic E-state index is 13.2. The molecule has 0 saturated heterocycles. The van der Waals surface area contributed by atoms with Crippen LogP contribution in [0.15, 0.2) is 340 Å². The number of phenolic OH excluding ortho intramolecular Hbond substituents is 4. The van der Waals surface area contributed by atoms with Crippen molar-refractivity contribution in [1.82, 2.24) is 0 Å². The number of anilines is 4. The molecule has 4 atom stereocenters. The molecule has 12 aromatic rings. The maximum Gasteiger partial charge on any atom is 0.243 e. The fourth-order valence-electron chi connectivity index (χ4n) is 12.3. The van der Waals surface area contributed by atoms with Gasteiger partial charge in [-0.15, -0.1) is 0 Å². The fraction of sp³-hybridized carbons (Fsp3) is 0.0982. The standard InChI is InChI=1S/C30H27NO7.C28H25NO5.C27H22ClNO4.C27H22FNO4/c1-20-2-4-21(5-3-20)8-16-27(35)29(28(36)17-9-22-6-12-24(33)13-7-22)30(37)31-23-10-14-26(15-11-23)38-19-25(34)18-32;1-19-3-5-20(6-4-19)9-17-25(31)27(26(32)18-10-21-7-13-23(30)14-8-21)28(33)29-22-11-15-24(34-2)16-12-22;2*1-18-2-4-19(5-3-18)8-16-24(31)26(27(33)29-22-12-10-21(28)11-13-22)25(32)17-9-20-6-14-23(30)15-7-20/h2-17,29,32-33H,18-19H2,1H3,(H,31,37);3-18,27,30H,1-2H3,(H,29,33);2*2-17,26,30H,1H3,(H,29,33)/b16-8+,17-9+;17-9+,18-10+;2*16-8+,17-9+. The zero-order chi connectivity index (χ0) is 99.6. The first-order valence-electron chi connectivity index (χ1n) is 42.7. The van der Waals surface area contributed by atoms with Gasteiger partial charge in [-0.05, 0) is 266 Å². The van der Waals surface area contributed by atoms with Gasteiger partial charge in [-0.1, -0.05) is 228 Å². The van der Waals surface area contributed by atoms with Gasteiger partial charge >= 0.3 is 0 Å². The van der Waals surface area contributed by atoms with Gasteiger partial charge in [0, 0.05) is 27.8 Å². The van der Waals surface area contributed by atoms with Crippen molar-refractivity contribution in [1.29, 1.82) is 0 Å². The minimum atomic E-state index is -1.64. The van der Waals surface area contributed by atoms with E-state index in [1.54, 1.807) is 115 Å². The van der Waals surface area contributed by atoms with E-state index >= 15 is 0 Å². The predicted molar refractivity (Wildman–Crippen MR) is 533 cm³/mol. The van der Waals surface area contributed by atoms with Crippen molar-refractivity contribution in [2.75, 3.05) is 41.6 Å². The van der Waals surface area contributed by atoms with Crippen LogP contribution >= 0.6 is 11.6 Å². The number of ether oxygens (including phenoxy) is 2. The van der Waals surface area contributed by atoms with Crippen molar-refractivity contribution in [3.05, 3.63) is 417 Å². The monoisotopic (exact) mass is 1870 g/mol. The Morgan fingerprint density at radius 3 is 0.674 bits per heavy atom. The number of aromatic hydroxyl groups is 4. The molecule has 0 radical (unpaired) electrons. The third kappa shape index (κ3) is 35.2. The van der Waals surface area contributed by atoms with Crippen molar-refractivity contribution in [2.45, 2.75) is 27.7 Å². The van der Waals surface area contributed by atoms with Gasteiger partial charge in [0.1, 0.15) is 53.5 Å². The predicted octanol–water partition coefficient (Wildman–Crippen LogP) is 19.0. The zero-order valence-corrected chi connectivity index (χ0v) is 76.0. The fourth-order valence-corrected chi connectivity index (χ4v) is 12.4. The second-order valence-corrected chi connectivity index (χ2v) is 31.3. The van der Waals surface area contributed by atoms with E-state index in [0.717, 1.165) is 68.8 Å². The summed E-state index contributed by atoms with van der Waals surface area (Å²) in [5.74, 6) is -14.5. The molecule has 0 aliphatic rings. The van der Waals surface area contributed by atoms with E-state index in [1.807, 2.05) is 125 Å². The Labute approximate surface area is 800 Å². The summed E-state index contributed by atoms with van der Waals surface area (Å²) < 4.78 is 23.5. The lowest BCUT2D eigenvalue weighted by Gasteiger charge is -2.13. The highest BCUT2D eigenvalue weighted by molar-refractivity contribution is 6.32. The third-order valence-electron chi connectivity index (χ3n) is 20.0. The van der Waals surface area contributed by atoms with Crippen LogP contribution in [0.1, 0.15) is 66.8 Å². The van der Waals surface area contributed by atoms with Crippen LogP contribution in [-0.2, 0) is 62.3 Å². The Balaban J connectivity index is 0.000000206. The molecule has 9 N–H and O–H groups in total. The number of methoxy groups -OCH3 is 1. The molecule has 4 unspecified atom stereocenters. The highest BCUT2D eigenvalue weighted by Gasteiger charge is 2.35. The first kappa shape index (κ1) is 104. The molecule has 138 heavy (non-hydrogen) atoms. The number of Topliss-reactive ketones (excluding diaryl/α,β-unsaturated/α-hetero) is 1. The number of allylic oxidation sites excluding steroid dienone is 8. The van der Waals surface area contributed by atoms with Crippen molar-refractivity contribution < 1.29 is 102 Å². The van der Waals surface area contributed by atoms with E-state index in [2.05, 4.69) is 21.3 Å². The molecule has 0 spiro atoms. The Bertz CT molecular complexity index is 6070. The quantitative estimate of drug-likeness (QED) is 0.0129. The summed E-state index contributed by atoms with van der Waals surface area (Å²) in [7, 11) is 1.53. The number of hydrogen-bond donors (Lipinski definition) is 9. The summed E-state index contributed by atoms with van der Waals surface area (Å²) in [6.07, 6.45) is 21.7. The van der Waals surface area contributed by atoms with E-state index in [4.69, 9.17) is 26.2 Å². The van der Waals surface area contributed by atoms with Gasteiger partial charge < -0.3 is 56.3 Å². The number of benzene rings is 12. The lowest BCUT2D eigenvalue weighted by molar-refractivity contribution is -0.137. The van der Waals surface area contributed by atoms with Crippen LogP contribution in [0.3, 0.4) is 0 Å². The van der Waals surface area contributed by atoms with E-state index < -0.39 is 112 Å². The van der Waals surface area contributed by atoms with Gasteiger partial charge in [0.2, 0.25) is 23.6 Å². The van der Waals surface area contributed by atoms with Crippen molar-refractivity contribution in [3.8, 4) is 34.5 Å². The lowest BCUT2D eigenvalue weighted by Crippen LogP contribution is -2.34. The van der Waals surface area contributed by atoms with Crippen LogP contribution in [0.5, 0.6) is 34.5 Å². The maximum atomic E-state index is 13.2. The molecule has 26 heteroatoms. The molecule has 0 fully saturated rings. The van der Waals surface area contributed by atoms with E-state index in [-0.39, 0.29) is 35.3 Å². The number of aliphatic hydroxyl groups is 1. The van der Waals surface area contributed by atoms with Crippen LogP contribution in [0, 0.1) is 57.2 Å².